The third-order valence-electron chi connectivity index (χ3n) is 8.61. The zero-order valence-corrected chi connectivity index (χ0v) is 26.6. The Hall–Kier alpha value is -6.62. The van der Waals surface area contributed by atoms with Crippen molar-refractivity contribution in [2.24, 2.45) is 0 Å². The number of nitrogens with one attached hydrogen (secondary N) is 4. The second-order valence-electron chi connectivity index (χ2n) is 12.0. The average molecular weight is 669 g/mol. The molecule has 7 aromatic rings. The first kappa shape index (κ1) is 32.0. The highest BCUT2D eigenvalue weighted by Gasteiger charge is 2.30. The molecule has 0 saturated heterocycles. The largest absolute Gasteiger partial charge is 0.508 e. The number of hydrogen-bond donors (Lipinski definition) is 5. The molecule has 0 aliphatic rings. The van der Waals surface area contributed by atoms with Crippen molar-refractivity contribution in [3.05, 3.63) is 148 Å². The van der Waals surface area contributed by atoms with Crippen molar-refractivity contribution in [3.8, 4) is 5.75 Å². The molecule has 0 fully saturated rings. The van der Waals surface area contributed by atoms with Crippen LogP contribution in [0.15, 0.2) is 125 Å². The van der Waals surface area contributed by atoms with Crippen LogP contribution in [-0.4, -0.2) is 44.9 Å². The molecule has 3 heterocycles. The fourth-order valence-electron chi connectivity index (χ4n) is 6.04. The van der Waals surface area contributed by atoms with Gasteiger partial charge in [0, 0.05) is 58.5 Å². The predicted octanol–water partition coefficient (Wildman–Crippen LogP) is 5.27. The molecule has 0 radical (unpaired) electrons. The van der Waals surface area contributed by atoms with E-state index in [1.807, 2.05) is 78.9 Å². The molecule has 0 aliphatic heterocycles. The van der Waals surface area contributed by atoms with Crippen LogP contribution in [0, 0.1) is 0 Å². The number of H-pyrrole nitrogens is 2. The van der Waals surface area contributed by atoms with Crippen LogP contribution in [0.4, 0.5) is 0 Å². The van der Waals surface area contributed by atoms with Crippen LogP contribution in [0.2, 0.25) is 0 Å². The third-order valence-corrected chi connectivity index (χ3v) is 8.61. The number of rotatable bonds is 11. The summed E-state index contributed by atoms with van der Waals surface area (Å²) in [4.78, 5) is 60.8. The second kappa shape index (κ2) is 13.9. The van der Waals surface area contributed by atoms with Crippen LogP contribution in [0.1, 0.15) is 27.0 Å². The van der Waals surface area contributed by atoms with E-state index in [0.717, 1.165) is 38.5 Å². The van der Waals surface area contributed by atoms with E-state index in [-0.39, 0.29) is 36.3 Å². The molecule has 5 N–H and O–H groups in total. The maximum atomic E-state index is 14.2. The SMILES string of the molecule is O=C(N[C@@H](Cc1c[nH]c2ccccc12)C(=O)N[C@@H](Cc1c[nH]c2ccccc12)C(=O)OCc1ccccc1)c1cc2ccc(O)cc2oc1=O. The van der Waals surface area contributed by atoms with E-state index in [1.54, 1.807) is 12.4 Å². The molecule has 7 rings (SSSR count). The van der Waals surface area contributed by atoms with E-state index in [1.165, 1.54) is 24.3 Å². The zero-order chi connectivity index (χ0) is 34.6. The van der Waals surface area contributed by atoms with Crippen molar-refractivity contribution in [2.75, 3.05) is 0 Å². The van der Waals surface area contributed by atoms with Crippen molar-refractivity contribution < 1.29 is 28.6 Å². The van der Waals surface area contributed by atoms with Crippen molar-refractivity contribution in [3.63, 3.8) is 0 Å². The number of para-hydroxylation sites is 2. The summed E-state index contributed by atoms with van der Waals surface area (Å²) in [5.41, 5.74) is 2.88. The van der Waals surface area contributed by atoms with Crippen LogP contribution >= 0.6 is 0 Å². The van der Waals surface area contributed by atoms with Crippen LogP contribution in [-0.2, 0) is 33.8 Å². The topological polar surface area (TPSA) is 167 Å². The fraction of sp³-hybridized carbons (Fsp3) is 0.128. The Kier molecular flexibility index (Phi) is 8.85. The van der Waals surface area contributed by atoms with Gasteiger partial charge in [-0.15, -0.1) is 0 Å². The number of esters is 1. The molecule has 3 aromatic heterocycles. The zero-order valence-electron chi connectivity index (χ0n) is 26.6. The standard InChI is InChI=1S/C39H32N4O7/c44-27-15-14-24-16-30(38(47)50-35(24)19-27)36(45)42-33(17-25-20-40-31-12-6-4-10-28(25)31)37(46)43-34(39(48)49-22-23-8-2-1-3-9-23)18-26-21-41-32-13-7-5-11-29(26)32/h1-16,19-21,33-34,40-41,44H,17-18,22H2,(H,42,45)(H,43,46)/t33-,34-/m0/s1. The van der Waals surface area contributed by atoms with Gasteiger partial charge in [0.2, 0.25) is 5.91 Å². The highest BCUT2D eigenvalue weighted by atomic mass is 16.5. The Morgan fingerprint density at radius 1 is 0.740 bits per heavy atom. The van der Waals surface area contributed by atoms with Crippen molar-refractivity contribution in [1.82, 2.24) is 20.6 Å². The summed E-state index contributed by atoms with van der Waals surface area (Å²) >= 11 is 0. The summed E-state index contributed by atoms with van der Waals surface area (Å²) in [6.45, 7) is 0.00491. The highest BCUT2D eigenvalue weighted by Crippen LogP contribution is 2.23. The van der Waals surface area contributed by atoms with Crippen LogP contribution < -0.4 is 16.3 Å². The van der Waals surface area contributed by atoms with Gasteiger partial charge in [0.25, 0.3) is 5.91 Å². The van der Waals surface area contributed by atoms with Gasteiger partial charge in [-0.25, -0.2) is 9.59 Å². The number of fused-ring (bicyclic) bond motifs is 3. The van der Waals surface area contributed by atoms with Gasteiger partial charge < -0.3 is 34.9 Å². The maximum Gasteiger partial charge on any atom is 0.349 e. The number of amides is 2. The van der Waals surface area contributed by atoms with Gasteiger partial charge in [-0.1, -0.05) is 66.7 Å². The van der Waals surface area contributed by atoms with E-state index in [4.69, 9.17) is 9.15 Å². The minimum absolute atomic E-state index is 0.00491. The number of hydrogen-bond acceptors (Lipinski definition) is 7. The second-order valence-corrected chi connectivity index (χ2v) is 12.0. The summed E-state index contributed by atoms with van der Waals surface area (Å²) in [6.07, 6.45) is 3.69. The van der Waals surface area contributed by atoms with E-state index >= 15 is 0 Å². The lowest BCUT2D eigenvalue weighted by Gasteiger charge is -2.23. The molecule has 0 unspecified atom stereocenters. The first-order chi connectivity index (χ1) is 24.3. The van der Waals surface area contributed by atoms with Crippen LogP contribution in [0.25, 0.3) is 32.8 Å². The normalized spacial score (nSPS) is 12.5. The van der Waals surface area contributed by atoms with E-state index in [0.29, 0.717) is 5.39 Å². The van der Waals surface area contributed by atoms with Gasteiger partial charge in [0.15, 0.2) is 0 Å². The molecule has 0 bridgehead atoms. The molecule has 2 atom stereocenters. The molecule has 0 spiro atoms. The van der Waals surface area contributed by atoms with Gasteiger partial charge in [0.05, 0.1) is 0 Å². The van der Waals surface area contributed by atoms with Gasteiger partial charge in [-0.2, -0.15) is 0 Å². The molecular weight excluding hydrogens is 636 g/mol. The molecule has 2 amide bonds. The first-order valence-corrected chi connectivity index (χ1v) is 16.0. The molecule has 0 saturated carbocycles. The summed E-state index contributed by atoms with van der Waals surface area (Å²) in [7, 11) is 0. The van der Waals surface area contributed by atoms with Gasteiger partial charge in [-0.3, -0.25) is 9.59 Å². The Morgan fingerprint density at radius 2 is 1.36 bits per heavy atom. The van der Waals surface area contributed by atoms with Crippen molar-refractivity contribution in [2.45, 2.75) is 31.5 Å². The third kappa shape index (κ3) is 6.83. The van der Waals surface area contributed by atoms with Crippen LogP contribution in [0.3, 0.4) is 0 Å². The summed E-state index contributed by atoms with van der Waals surface area (Å²) < 4.78 is 11.0. The van der Waals surface area contributed by atoms with Gasteiger partial charge >= 0.3 is 11.6 Å². The van der Waals surface area contributed by atoms with Gasteiger partial charge in [0.1, 0.15) is 35.6 Å². The summed E-state index contributed by atoms with van der Waals surface area (Å²) in [5.74, 6) is -2.24. The molecule has 250 valence electrons. The molecule has 50 heavy (non-hydrogen) atoms. The highest BCUT2D eigenvalue weighted by molar-refractivity contribution is 6.00. The molecule has 11 nitrogen and oxygen atoms in total. The van der Waals surface area contributed by atoms with Crippen molar-refractivity contribution >= 4 is 50.6 Å². The van der Waals surface area contributed by atoms with Crippen molar-refractivity contribution in [1.29, 1.82) is 0 Å². The van der Waals surface area contributed by atoms with E-state index in [9.17, 15) is 24.3 Å². The number of benzene rings is 4. The molecule has 11 heteroatoms. The van der Waals surface area contributed by atoms with Gasteiger partial charge in [-0.05, 0) is 47.0 Å². The molecule has 4 aromatic carbocycles. The minimum Gasteiger partial charge on any atom is -0.508 e. The van der Waals surface area contributed by atoms with Crippen LogP contribution in [0.5, 0.6) is 5.75 Å². The fourth-order valence-corrected chi connectivity index (χ4v) is 6.04. The lowest BCUT2D eigenvalue weighted by Crippen LogP contribution is -2.53. The number of phenols is 1. The number of carbonyl (C=O) groups is 3. The number of phenolic OH excluding ortho intramolecular Hbond substituents is 1. The minimum atomic E-state index is -1.22. The number of aromatic amines is 2. The number of carbonyl (C=O) groups excluding carboxylic acids is 3. The summed E-state index contributed by atoms with van der Waals surface area (Å²) in [5, 5.41) is 17.5. The number of ether oxygens (including phenoxy) is 1. The van der Waals surface area contributed by atoms with E-state index in [2.05, 4.69) is 20.6 Å². The predicted molar refractivity (Wildman–Crippen MR) is 188 cm³/mol. The maximum absolute atomic E-state index is 14.2. The van der Waals surface area contributed by atoms with E-state index < -0.39 is 35.5 Å². The Labute approximate surface area is 284 Å². The first-order valence-electron chi connectivity index (χ1n) is 16.0. The lowest BCUT2D eigenvalue weighted by molar-refractivity contribution is -0.149. The summed E-state index contributed by atoms with van der Waals surface area (Å²) in [6, 6.07) is 27.6. The smallest absolute Gasteiger partial charge is 0.349 e. The Bertz CT molecular complexity index is 2410. The Morgan fingerprint density at radius 3 is 2.04 bits per heavy atom. The quantitative estimate of drug-likeness (QED) is 0.0925. The molecule has 0 aliphatic carbocycles. The number of aromatic hydroxyl groups is 1. The number of aromatic nitrogens is 2. The Balaban J connectivity index is 1.19. The lowest BCUT2D eigenvalue weighted by atomic mass is 10.0. The average Bonchev–Trinajstić information content (AvgIpc) is 3.74. The molecular formula is C39H32N4O7. The monoisotopic (exact) mass is 668 g/mol.